The van der Waals surface area contributed by atoms with Crippen LogP contribution in [0, 0.1) is 0 Å². The van der Waals surface area contributed by atoms with Gasteiger partial charge in [-0.2, -0.15) is 5.10 Å². The molecule has 0 saturated heterocycles. The molecule has 0 spiro atoms. The summed E-state index contributed by atoms with van der Waals surface area (Å²) in [5.74, 6) is -0.0909. The van der Waals surface area contributed by atoms with Crippen LogP contribution in [-0.2, 0) is 6.54 Å². The Morgan fingerprint density at radius 1 is 1.23 bits per heavy atom. The average Bonchev–Trinajstić information content (AvgIpc) is 3.18. The van der Waals surface area contributed by atoms with E-state index in [0.29, 0.717) is 12.1 Å². The number of hydrogen-bond acceptors (Lipinski definition) is 2. The van der Waals surface area contributed by atoms with Crippen molar-refractivity contribution in [1.29, 1.82) is 0 Å². The van der Waals surface area contributed by atoms with E-state index in [0.717, 1.165) is 22.0 Å². The number of pyridine rings is 1. The Kier molecular flexibility index (Phi) is 2.89. The highest BCUT2D eigenvalue weighted by atomic mass is 16.1. The van der Waals surface area contributed by atoms with Crippen LogP contribution in [-0.4, -0.2) is 20.5 Å². The lowest BCUT2D eigenvalue weighted by molar-refractivity contribution is 0.0951. The lowest BCUT2D eigenvalue weighted by Crippen LogP contribution is -2.22. The Bertz CT molecular complexity index is 967. The molecule has 0 aliphatic rings. The Morgan fingerprint density at radius 2 is 2.18 bits per heavy atom. The monoisotopic (exact) mass is 290 g/mol. The summed E-state index contributed by atoms with van der Waals surface area (Å²) in [6.07, 6.45) is 5.54. The van der Waals surface area contributed by atoms with Gasteiger partial charge in [0.05, 0.1) is 11.7 Å². The predicted octanol–water partition coefficient (Wildman–Crippen LogP) is 2.75. The van der Waals surface area contributed by atoms with E-state index in [1.54, 1.807) is 10.7 Å². The molecule has 1 amide bonds. The molecule has 3 heterocycles. The number of rotatable bonds is 3. The molecule has 0 saturated carbocycles. The molecular formula is C17H14N4O. The molecule has 0 atom stereocenters. The maximum absolute atomic E-state index is 12.3. The maximum Gasteiger partial charge on any atom is 0.251 e. The van der Waals surface area contributed by atoms with Crippen LogP contribution >= 0.6 is 0 Å². The van der Waals surface area contributed by atoms with Crippen molar-refractivity contribution in [3.8, 4) is 0 Å². The lowest BCUT2D eigenvalue weighted by atomic mass is 10.1. The fourth-order valence-corrected chi connectivity index (χ4v) is 2.59. The molecule has 5 heteroatoms. The van der Waals surface area contributed by atoms with Crippen molar-refractivity contribution >= 4 is 22.3 Å². The largest absolute Gasteiger partial charge is 0.361 e. The lowest BCUT2D eigenvalue weighted by Gasteiger charge is -2.04. The smallest absolute Gasteiger partial charge is 0.251 e. The third kappa shape index (κ3) is 2.13. The molecule has 3 aromatic heterocycles. The molecule has 4 aromatic rings. The summed E-state index contributed by atoms with van der Waals surface area (Å²) in [5, 5.41) is 8.30. The molecule has 0 fully saturated rings. The molecule has 0 aliphatic carbocycles. The van der Waals surface area contributed by atoms with Gasteiger partial charge in [0.1, 0.15) is 0 Å². The normalized spacial score (nSPS) is 11.1. The summed E-state index contributed by atoms with van der Waals surface area (Å²) in [6, 6.07) is 13.5. The number of aromatic amines is 1. The number of benzene rings is 1. The number of nitrogens with zero attached hydrogens (tertiary/aromatic N) is 2. The molecule has 0 bridgehead atoms. The van der Waals surface area contributed by atoms with Crippen LogP contribution in [0.25, 0.3) is 16.4 Å². The Balaban J connectivity index is 1.54. The third-order valence-corrected chi connectivity index (χ3v) is 3.76. The number of fused-ring (bicyclic) bond motifs is 2. The molecule has 1 aromatic carbocycles. The van der Waals surface area contributed by atoms with Gasteiger partial charge in [0.25, 0.3) is 5.91 Å². The van der Waals surface area contributed by atoms with E-state index in [2.05, 4.69) is 15.4 Å². The number of amides is 1. The van der Waals surface area contributed by atoms with Crippen LogP contribution in [0.1, 0.15) is 15.9 Å². The first kappa shape index (κ1) is 12.6. The minimum absolute atomic E-state index is 0.0909. The number of H-pyrrole nitrogens is 1. The molecule has 108 valence electrons. The van der Waals surface area contributed by atoms with E-state index in [1.807, 2.05) is 54.9 Å². The van der Waals surface area contributed by atoms with Gasteiger partial charge in [-0.15, -0.1) is 0 Å². The van der Waals surface area contributed by atoms with Crippen molar-refractivity contribution in [3.05, 3.63) is 72.2 Å². The zero-order valence-corrected chi connectivity index (χ0v) is 11.8. The second-order valence-electron chi connectivity index (χ2n) is 5.16. The Labute approximate surface area is 126 Å². The van der Waals surface area contributed by atoms with Crippen molar-refractivity contribution in [3.63, 3.8) is 0 Å². The average molecular weight is 290 g/mol. The van der Waals surface area contributed by atoms with Crippen molar-refractivity contribution in [1.82, 2.24) is 19.9 Å². The van der Waals surface area contributed by atoms with Gasteiger partial charge in [-0.1, -0.05) is 12.1 Å². The number of carbonyl (C=O) groups excluding carboxylic acids is 1. The van der Waals surface area contributed by atoms with Gasteiger partial charge >= 0.3 is 0 Å². The molecular weight excluding hydrogens is 276 g/mol. The second kappa shape index (κ2) is 5.04. The summed E-state index contributed by atoms with van der Waals surface area (Å²) >= 11 is 0. The number of nitrogens with one attached hydrogen (secondary N) is 2. The Morgan fingerprint density at radius 3 is 3.14 bits per heavy atom. The fraction of sp³-hybridized carbons (Fsp3) is 0.0588. The van der Waals surface area contributed by atoms with Crippen LogP contribution in [0.4, 0.5) is 0 Å². The SMILES string of the molecule is O=C(NCc1cnn2ccccc12)c1ccc2cc[nH]c2c1. The van der Waals surface area contributed by atoms with E-state index < -0.39 is 0 Å². The number of aromatic nitrogens is 3. The van der Waals surface area contributed by atoms with Gasteiger partial charge in [0, 0.05) is 35.6 Å². The van der Waals surface area contributed by atoms with Gasteiger partial charge in [0.2, 0.25) is 0 Å². The van der Waals surface area contributed by atoms with Crippen molar-refractivity contribution in [2.75, 3.05) is 0 Å². The first-order valence-corrected chi connectivity index (χ1v) is 7.08. The third-order valence-electron chi connectivity index (χ3n) is 3.76. The van der Waals surface area contributed by atoms with Gasteiger partial charge < -0.3 is 10.3 Å². The summed E-state index contributed by atoms with van der Waals surface area (Å²) in [5.41, 5.74) is 3.60. The van der Waals surface area contributed by atoms with Gasteiger partial charge in [-0.05, 0) is 35.7 Å². The highest BCUT2D eigenvalue weighted by Gasteiger charge is 2.09. The van der Waals surface area contributed by atoms with E-state index in [9.17, 15) is 4.79 Å². The van der Waals surface area contributed by atoms with E-state index in [1.165, 1.54) is 0 Å². The van der Waals surface area contributed by atoms with Gasteiger partial charge in [-0.25, -0.2) is 4.52 Å². The number of hydrogen-bond donors (Lipinski definition) is 2. The van der Waals surface area contributed by atoms with Crippen LogP contribution in [0.2, 0.25) is 0 Å². The molecule has 0 aliphatic heterocycles. The zero-order valence-electron chi connectivity index (χ0n) is 11.8. The van der Waals surface area contributed by atoms with Crippen molar-refractivity contribution in [2.24, 2.45) is 0 Å². The predicted molar refractivity (Wildman–Crippen MR) is 84.7 cm³/mol. The molecule has 5 nitrogen and oxygen atoms in total. The first-order chi connectivity index (χ1) is 10.8. The van der Waals surface area contributed by atoms with Gasteiger partial charge in [-0.3, -0.25) is 4.79 Å². The molecule has 4 rings (SSSR count). The van der Waals surface area contributed by atoms with Crippen molar-refractivity contribution < 1.29 is 4.79 Å². The first-order valence-electron chi connectivity index (χ1n) is 7.08. The summed E-state index contributed by atoms with van der Waals surface area (Å²) in [7, 11) is 0. The second-order valence-corrected chi connectivity index (χ2v) is 5.16. The van der Waals surface area contributed by atoms with Crippen LogP contribution < -0.4 is 5.32 Å². The van der Waals surface area contributed by atoms with E-state index >= 15 is 0 Å². The summed E-state index contributed by atoms with van der Waals surface area (Å²) in [6.45, 7) is 0.453. The maximum atomic E-state index is 12.3. The summed E-state index contributed by atoms with van der Waals surface area (Å²) in [4.78, 5) is 15.4. The zero-order chi connectivity index (χ0) is 14.9. The molecule has 0 radical (unpaired) electrons. The van der Waals surface area contributed by atoms with Crippen LogP contribution in [0.5, 0.6) is 0 Å². The van der Waals surface area contributed by atoms with Crippen LogP contribution in [0.3, 0.4) is 0 Å². The number of carbonyl (C=O) groups is 1. The quantitative estimate of drug-likeness (QED) is 0.609. The minimum atomic E-state index is -0.0909. The topological polar surface area (TPSA) is 62.2 Å². The standard InChI is InChI=1S/C17H14N4O/c22-17(13-5-4-12-6-7-18-15(12)9-13)19-10-14-11-20-21-8-2-1-3-16(14)21/h1-9,11,18H,10H2,(H,19,22). The minimum Gasteiger partial charge on any atom is -0.361 e. The molecule has 22 heavy (non-hydrogen) atoms. The highest BCUT2D eigenvalue weighted by Crippen LogP contribution is 2.14. The van der Waals surface area contributed by atoms with E-state index in [-0.39, 0.29) is 5.91 Å². The molecule has 2 N–H and O–H groups in total. The Hall–Kier alpha value is -3.08. The van der Waals surface area contributed by atoms with E-state index in [4.69, 9.17) is 0 Å². The van der Waals surface area contributed by atoms with Gasteiger partial charge in [0.15, 0.2) is 0 Å². The van der Waals surface area contributed by atoms with Crippen molar-refractivity contribution in [2.45, 2.75) is 6.54 Å². The van der Waals surface area contributed by atoms with Crippen LogP contribution in [0.15, 0.2) is 61.1 Å². The highest BCUT2D eigenvalue weighted by molar-refractivity contribution is 5.97. The summed E-state index contributed by atoms with van der Waals surface area (Å²) < 4.78 is 1.80. The molecule has 0 unspecified atom stereocenters. The fourth-order valence-electron chi connectivity index (χ4n) is 2.59.